The third kappa shape index (κ3) is 4.38. The molecule has 0 aliphatic rings. The number of nitrogens with zero attached hydrogens (tertiary/aromatic N) is 4. The number of aromatic nitrogens is 4. The Morgan fingerprint density at radius 1 is 1.00 bits per heavy atom. The average molecular weight is 486 g/mol. The number of fused-ring (bicyclic) bond motifs is 3. The van der Waals surface area contributed by atoms with Crippen molar-refractivity contribution < 1.29 is 9.53 Å². The van der Waals surface area contributed by atoms with Gasteiger partial charge >= 0.3 is 0 Å². The van der Waals surface area contributed by atoms with Crippen molar-refractivity contribution in [3.8, 4) is 5.75 Å². The summed E-state index contributed by atoms with van der Waals surface area (Å²) < 4.78 is 8.91. The van der Waals surface area contributed by atoms with E-state index in [1.807, 2.05) is 84.1 Å². The van der Waals surface area contributed by atoms with Crippen LogP contribution in [0.1, 0.15) is 12.5 Å². The van der Waals surface area contributed by atoms with Gasteiger partial charge in [-0.05, 0) is 37.3 Å². The Morgan fingerprint density at radius 3 is 2.51 bits per heavy atom. The number of hydrogen-bond acceptors (Lipinski definition) is 6. The van der Waals surface area contributed by atoms with Crippen molar-refractivity contribution in [2.45, 2.75) is 23.9 Å². The van der Waals surface area contributed by atoms with Crippen LogP contribution in [0.2, 0.25) is 0 Å². The molecule has 2 heterocycles. The third-order valence-corrected chi connectivity index (χ3v) is 6.73. The molecule has 1 N–H and O–H groups in total. The SMILES string of the molecule is COc1ccccc1Cn1c(=O)c2ccccc2n2c(SC(C)C(=O)Nc3ccccc3)nnc12. The van der Waals surface area contributed by atoms with E-state index in [4.69, 9.17) is 4.74 Å². The van der Waals surface area contributed by atoms with Gasteiger partial charge in [0, 0.05) is 11.3 Å². The molecule has 2 aromatic heterocycles. The van der Waals surface area contributed by atoms with Gasteiger partial charge in [-0.25, -0.2) is 0 Å². The lowest BCUT2D eigenvalue weighted by molar-refractivity contribution is -0.115. The van der Waals surface area contributed by atoms with Gasteiger partial charge in [0.05, 0.1) is 29.8 Å². The van der Waals surface area contributed by atoms with Gasteiger partial charge in [0.15, 0.2) is 5.16 Å². The van der Waals surface area contributed by atoms with E-state index in [0.29, 0.717) is 27.6 Å². The summed E-state index contributed by atoms with van der Waals surface area (Å²) >= 11 is 1.29. The fraction of sp³-hybridized carbons (Fsp3) is 0.154. The van der Waals surface area contributed by atoms with E-state index in [9.17, 15) is 9.59 Å². The van der Waals surface area contributed by atoms with E-state index < -0.39 is 5.25 Å². The standard InChI is InChI=1S/C26H23N5O3S/c1-17(23(32)27-19-11-4-3-5-12-19)35-26-29-28-25-30(16-18-10-6-9-15-22(18)34-2)24(33)20-13-7-8-14-21(20)31(25)26/h3-15,17H,16H2,1-2H3,(H,27,32). The minimum Gasteiger partial charge on any atom is -0.496 e. The van der Waals surface area contributed by atoms with Crippen molar-refractivity contribution in [3.63, 3.8) is 0 Å². The molecule has 0 aliphatic carbocycles. The van der Waals surface area contributed by atoms with Crippen molar-refractivity contribution in [1.82, 2.24) is 19.2 Å². The van der Waals surface area contributed by atoms with Crippen LogP contribution in [0.4, 0.5) is 5.69 Å². The smallest absolute Gasteiger partial charge is 0.263 e. The molecule has 3 aromatic carbocycles. The molecule has 9 heteroatoms. The van der Waals surface area contributed by atoms with Gasteiger partial charge in [0.25, 0.3) is 5.56 Å². The molecule has 35 heavy (non-hydrogen) atoms. The maximum absolute atomic E-state index is 13.5. The zero-order valence-electron chi connectivity index (χ0n) is 19.2. The fourth-order valence-electron chi connectivity index (χ4n) is 3.93. The quantitative estimate of drug-likeness (QED) is 0.347. The molecule has 0 spiro atoms. The second-order valence-corrected chi connectivity index (χ2v) is 9.26. The number of nitrogens with one attached hydrogen (secondary N) is 1. The maximum atomic E-state index is 13.5. The Bertz CT molecular complexity index is 1580. The normalized spacial score (nSPS) is 12.1. The van der Waals surface area contributed by atoms with Crippen molar-refractivity contribution in [2.75, 3.05) is 12.4 Å². The average Bonchev–Trinajstić information content (AvgIpc) is 3.30. The summed E-state index contributed by atoms with van der Waals surface area (Å²) in [5, 5.41) is 12.3. The second-order valence-electron chi connectivity index (χ2n) is 7.95. The summed E-state index contributed by atoms with van der Waals surface area (Å²) in [4.78, 5) is 26.3. The van der Waals surface area contributed by atoms with Gasteiger partial charge in [-0.1, -0.05) is 60.3 Å². The van der Waals surface area contributed by atoms with Gasteiger partial charge in [-0.15, -0.1) is 10.2 Å². The van der Waals surface area contributed by atoms with E-state index in [2.05, 4.69) is 15.5 Å². The van der Waals surface area contributed by atoms with Crippen LogP contribution in [0.15, 0.2) is 88.8 Å². The number of carbonyl (C=O) groups excluding carboxylic acids is 1. The highest BCUT2D eigenvalue weighted by Gasteiger charge is 2.22. The topological polar surface area (TPSA) is 90.5 Å². The lowest BCUT2D eigenvalue weighted by atomic mass is 10.2. The third-order valence-electron chi connectivity index (χ3n) is 5.69. The molecule has 1 unspecified atom stereocenters. The van der Waals surface area contributed by atoms with Crippen LogP contribution in [-0.2, 0) is 11.3 Å². The molecule has 0 saturated heterocycles. The number of methoxy groups -OCH3 is 1. The molecular weight excluding hydrogens is 462 g/mol. The van der Waals surface area contributed by atoms with E-state index in [-0.39, 0.29) is 18.0 Å². The number of anilines is 1. The summed E-state index contributed by atoms with van der Waals surface area (Å²) in [6, 6.07) is 24.2. The minimum atomic E-state index is -0.448. The number of thioether (sulfide) groups is 1. The van der Waals surface area contributed by atoms with Crippen LogP contribution in [0.5, 0.6) is 5.75 Å². The molecule has 5 rings (SSSR count). The van der Waals surface area contributed by atoms with Gasteiger partial charge in [-0.2, -0.15) is 0 Å². The molecule has 5 aromatic rings. The Morgan fingerprint density at radius 2 is 1.71 bits per heavy atom. The Kier molecular flexibility index (Phi) is 6.24. The fourth-order valence-corrected chi connectivity index (χ4v) is 4.79. The van der Waals surface area contributed by atoms with E-state index in [1.165, 1.54) is 11.8 Å². The first-order chi connectivity index (χ1) is 17.1. The molecule has 0 radical (unpaired) electrons. The predicted octanol–water partition coefficient (Wildman–Crippen LogP) is 4.22. The van der Waals surface area contributed by atoms with Crippen LogP contribution < -0.4 is 15.6 Å². The molecule has 0 saturated carbocycles. The van der Waals surface area contributed by atoms with Crippen molar-refractivity contribution in [1.29, 1.82) is 0 Å². The molecule has 176 valence electrons. The van der Waals surface area contributed by atoms with Gasteiger partial charge < -0.3 is 10.1 Å². The van der Waals surface area contributed by atoms with Gasteiger partial charge in [-0.3, -0.25) is 18.6 Å². The lowest BCUT2D eigenvalue weighted by Crippen LogP contribution is -2.25. The number of rotatable bonds is 7. The summed E-state index contributed by atoms with van der Waals surface area (Å²) in [5.74, 6) is 0.938. The Labute approximate surface area is 205 Å². The van der Waals surface area contributed by atoms with Gasteiger partial charge in [0.2, 0.25) is 11.7 Å². The largest absolute Gasteiger partial charge is 0.496 e. The van der Waals surface area contributed by atoms with Crippen LogP contribution in [-0.4, -0.2) is 37.4 Å². The number of hydrogen-bond donors (Lipinski definition) is 1. The van der Waals surface area contributed by atoms with Gasteiger partial charge in [0.1, 0.15) is 5.75 Å². The van der Waals surface area contributed by atoms with Crippen molar-refractivity contribution in [2.24, 2.45) is 0 Å². The first-order valence-electron chi connectivity index (χ1n) is 11.1. The second kappa shape index (κ2) is 9.63. The Balaban J connectivity index is 1.56. The van der Waals surface area contributed by atoms with Crippen molar-refractivity contribution in [3.05, 3.63) is 94.8 Å². The van der Waals surface area contributed by atoms with E-state index in [0.717, 1.165) is 11.3 Å². The number of benzene rings is 3. The molecule has 0 bridgehead atoms. The molecule has 8 nitrogen and oxygen atoms in total. The van der Waals surface area contributed by atoms with Crippen LogP contribution in [0.3, 0.4) is 0 Å². The zero-order valence-corrected chi connectivity index (χ0v) is 20.0. The number of amides is 1. The summed E-state index contributed by atoms with van der Waals surface area (Å²) in [5.41, 5.74) is 2.10. The highest BCUT2D eigenvalue weighted by atomic mass is 32.2. The van der Waals surface area contributed by atoms with Crippen LogP contribution >= 0.6 is 11.8 Å². The van der Waals surface area contributed by atoms with Crippen LogP contribution in [0, 0.1) is 0 Å². The van der Waals surface area contributed by atoms with E-state index >= 15 is 0 Å². The Hall–Kier alpha value is -4.11. The monoisotopic (exact) mass is 485 g/mol. The first-order valence-corrected chi connectivity index (χ1v) is 12.0. The maximum Gasteiger partial charge on any atom is 0.263 e. The summed E-state index contributed by atoms with van der Waals surface area (Å²) in [6.07, 6.45) is 0. The molecule has 0 fully saturated rings. The highest BCUT2D eigenvalue weighted by Crippen LogP contribution is 2.27. The number of para-hydroxylation sites is 3. The zero-order chi connectivity index (χ0) is 24.4. The summed E-state index contributed by atoms with van der Waals surface area (Å²) in [6.45, 7) is 2.08. The predicted molar refractivity (Wildman–Crippen MR) is 137 cm³/mol. The lowest BCUT2D eigenvalue weighted by Gasteiger charge is -2.14. The summed E-state index contributed by atoms with van der Waals surface area (Å²) in [7, 11) is 1.60. The molecule has 1 amide bonds. The molecular formula is C26H23N5O3S. The molecule has 0 aliphatic heterocycles. The van der Waals surface area contributed by atoms with Crippen molar-refractivity contribution >= 4 is 40.0 Å². The molecule has 1 atom stereocenters. The van der Waals surface area contributed by atoms with E-state index in [1.54, 1.807) is 17.7 Å². The highest BCUT2D eigenvalue weighted by molar-refractivity contribution is 8.00. The minimum absolute atomic E-state index is 0.149. The number of carbonyl (C=O) groups is 1. The first kappa shape index (κ1) is 22.7. The number of ether oxygens (including phenoxy) is 1. The van der Waals surface area contributed by atoms with Crippen LogP contribution in [0.25, 0.3) is 16.7 Å².